The number of hydrogen-bond acceptors (Lipinski definition) is 13. The number of hydrogen-bond donors (Lipinski definition) is 18. The summed E-state index contributed by atoms with van der Waals surface area (Å²) in [6.45, 7) is 2.58. The summed E-state index contributed by atoms with van der Waals surface area (Å²) in [5, 5.41) is 8.13. The monoisotopic (exact) mass is 919 g/mol. The summed E-state index contributed by atoms with van der Waals surface area (Å²) in [4.78, 5) is 145. The largest absolute Gasteiger partial charge is 0.394 e. The molecule has 0 saturated heterocycles. The summed E-state index contributed by atoms with van der Waals surface area (Å²) in [5.41, 5.74) is -7.31. The van der Waals surface area contributed by atoms with Crippen molar-refractivity contribution in [2.24, 2.45) is 5.73 Å². The van der Waals surface area contributed by atoms with E-state index in [-0.39, 0.29) is 29.2 Å². The highest BCUT2D eigenvalue weighted by Gasteiger charge is 2.59. The normalized spacial score (nSPS) is 14.3. The van der Waals surface area contributed by atoms with Gasteiger partial charge in [0.05, 0.1) is 19.8 Å². The first-order valence-electron chi connectivity index (χ1n) is 13.1. The zero-order valence-electron chi connectivity index (χ0n) is 26.3. The van der Waals surface area contributed by atoms with Gasteiger partial charge < -0.3 is 93.9 Å². The molecule has 0 fully saturated rings. The van der Waals surface area contributed by atoms with Crippen LogP contribution in [0.2, 0.25) is 0 Å². The van der Waals surface area contributed by atoms with E-state index in [9.17, 15) is 36.5 Å². The third kappa shape index (κ3) is 21.8. The Hall–Kier alpha value is 1.000. The Balaban J connectivity index is -0.000000761. The van der Waals surface area contributed by atoms with Gasteiger partial charge in [0.2, 0.25) is 22.1 Å². The molecule has 0 aliphatic carbocycles. The van der Waals surface area contributed by atoms with Gasteiger partial charge in [0.15, 0.2) is 0 Å². The summed E-state index contributed by atoms with van der Waals surface area (Å²) in [6.07, 6.45) is -0.319. The minimum absolute atomic E-state index is 0.0833. The molecule has 37 heteroatoms. The van der Waals surface area contributed by atoms with Crippen molar-refractivity contribution < 1.29 is 125 Å². The van der Waals surface area contributed by atoms with Gasteiger partial charge in [-0.05, 0) is 12.8 Å². The van der Waals surface area contributed by atoms with Crippen LogP contribution in [-0.4, -0.2) is 155 Å². The molecule has 0 aromatic rings. The first kappa shape index (κ1) is 56.3. The highest BCUT2D eigenvalue weighted by atomic mass is 31.3. The van der Waals surface area contributed by atoms with Crippen molar-refractivity contribution >= 4 is 60.8 Å². The van der Waals surface area contributed by atoms with E-state index in [1.165, 1.54) is 13.8 Å². The first-order valence-corrected chi connectivity index (χ1v) is 26.6. The molecule has 0 aromatic heterocycles. The molecule has 0 spiro atoms. The molecule has 0 unspecified atom stereocenters. The van der Waals surface area contributed by atoms with Crippen LogP contribution in [-0.2, 0) is 41.3 Å². The molecule has 0 amide bonds. The molecule has 0 aliphatic heterocycles. The first-order chi connectivity index (χ1) is 22.3. The molecule has 0 heterocycles. The number of ether oxygens (including phenoxy) is 1. The lowest BCUT2D eigenvalue weighted by atomic mass is 10.5. The van der Waals surface area contributed by atoms with E-state index in [0.717, 1.165) is 0 Å². The molecular weight excluding hydrogens is 874 g/mol. The number of aliphatic hydroxyl groups excluding tert-OH is 1. The molecule has 19 N–H and O–H groups in total. The third-order valence-electron chi connectivity index (χ3n) is 5.05. The van der Waals surface area contributed by atoms with Crippen LogP contribution < -0.4 is 5.73 Å². The van der Waals surface area contributed by atoms with Crippen molar-refractivity contribution in [3.63, 3.8) is 0 Å². The van der Waals surface area contributed by atoms with Crippen molar-refractivity contribution in [1.82, 2.24) is 9.80 Å². The van der Waals surface area contributed by atoms with Crippen molar-refractivity contribution in [1.29, 1.82) is 0 Å². The average Bonchev–Trinajstić information content (AvgIpc) is 2.78. The lowest BCUT2D eigenvalue weighted by molar-refractivity contribution is 0.0976. The summed E-state index contributed by atoms with van der Waals surface area (Å²) in [5.74, 6) is 0. The van der Waals surface area contributed by atoms with Crippen LogP contribution in [0, 0.1) is 0 Å². The van der Waals surface area contributed by atoms with Gasteiger partial charge in [-0.1, -0.05) is 13.8 Å². The van der Waals surface area contributed by atoms with Crippen molar-refractivity contribution in [2.45, 2.75) is 48.8 Å². The number of nitrogens with zero attached hydrogens (tertiary/aromatic N) is 2. The fraction of sp³-hybridized carbons (Fsp3) is 1.00. The van der Waals surface area contributed by atoms with Gasteiger partial charge >= 0.3 is 60.8 Å². The minimum Gasteiger partial charge on any atom is -0.394 e. The van der Waals surface area contributed by atoms with E-state index in [2.05, 4.69) is 0 Å². The van der Waals surface area contributed by atoms with Crippen LogP contribution >= 0.6 is 60.8 Å². The molecule has 29 nitrogen and oxygen atoms in total. The Kier molecular flexibility index (Phi) is 24.4. The molecule has 0 rings (SSSR count). The Morgan fingerprint density at radius 3 is 0.765 bits per heavy atom. The van der Waals surface area contributed by atoms with Gasteiger partial charge in [0, 0.05) is 19.6 Å². The summed E-state index contributed by atoms with van der Waals surface area (Å²) in [7, 11) is -45.6. The number of nitrogens with two attached hydrogens (primary N) is 1. The van der Waals surface area contributed by atoms with E-state index in [0.29, 0.717) is 19.8 Å². The fourth-order valence-electron chi connectivity index (χ4n) is 3.80. The van der Waals surface area contributed by atoms with Gasteiger partial charge in [0.25, 0.3) is 0 Å². The zero-order chi connectivity index (χ0) is 41.8. The summed E-state index contributed by atoms with van der Waals surface area (Å²) < 4.78 is 95.2. The second-order valence-electron chi connectivity index (χ2n) is 9.70. The van der Waals surface area contributed by atoms with Gasteiger partial charge in [0.1, 0.15) is 0 Å². The Morgan fingerprint density at radius 1 is 0.451 bits per heavy atom. The predicted octanol–water partition coefficient (Wildman–Crippen LogP) is -3.09. The Morgan fingerprint density at radius 2 is 0.647 bits per heavy atom. The third-order valence-corrected chi connectivity index (χ3v) is 19.5. The highest BCUT2D eigenvalue weighted by molar-refractivity contribution is 7.73. The molecule has 0 bridgehead atoms. The SMILES string of the molecule is CCCN(C(P(=O)(O)O)P(=O)(O)O)C(P(=O)(O)O)P(=O)(O)O.CCCN(C(P(=O)(O)O)P(=O)(O)O)C(P(=O)(O)O)P(=O)(O)O.NCCOCCO. The van der Waals surface area contributed by atoms with Crippen LogP contribution in [0.1, 0.15) is 26.7 Å². The quantitative estimate of drug-likeness (QED) is 0.0425. The maximum atomic E-state index is 11.3. The number of rotatable bonds is 20. The Bertz CT molecular complexity index is 1140. The van der Waals surface area contributed by atoms with Crippen LogP contribution in [0.15, 0.2) is 0 Å². The maximum absolute atomic E-state index is 11.3. The van der Waals surface area contributed by atoms with Crippen LogP contribution in [0.25, 0.3) is 0 Å². The molecule has 312 valence electrons. The smallest absolute Gasteiger partial charge is 0.355 e. The van der Waals surface area contributed by atoms with Gasteiger partial charge in [-0.2, -0.15) is 0 Å². The van der Waals surface area contributed by atoms with Crippen LogP contribution in [0.5, 0.6) is 0 Å². The summed E-state index contributed by atoms with van der Waals surface area (Å²) in [6, 6.07) is 0. The van der Waals surface area contributed by atoms with Crippen LogP contribution in [0.3, 0.4) is 0 Å². The second-order valence-corrected chi connectivity index (χ2v) is 24.7. The lowest BCUT2D eigenvalue weighted by Crippen LogP contribution is -2.43. The van der Waals surface area contributed by atoms with E-state index in [4.69, 9.17) is 93.9 Å². The van der Waals surface area contributed by atoms with Crippen molar-refractivity contribution in [3.8, 4) is 0 Å². The van der Waals surface area contributed by atoms with Gasteiger partial charge in [-0.15, -0.1) is 0 Å². The second kappa shape index (κ2) is 22.1. The highest BCUT2D eigenvalue weighted by Crippen LogP contribution is 2.70. The van der Waals surface area contributed by atoms with Crippen molar-refractivity contribution in [3.05, 3.63) is 0 Å². The molecule has 0 aliphatic rings. The van der Waals surface area contributed by atoms with E-state index in [1.807, 2.05) is 0 Å². The van der Waals surface area contributed by atoms with Gasteiger partial charge in [-0.25, -0.2) is 0 Å². The van der Waals surface area contributed by atoms with E-state index >= 15 is 0 Å². The molecule has 51 heavy (non-hydrogen) atoms. The average molecular weight is 919 g/mol. The predicted molar refractivity (Wildman–Crippen MR) is 172 cm³/mol. The zero-order valence-corrected chi connectivity index (χ0v) is 33.4. The standard InChI is InChI=1S/2C5H17NO12P4.C4H11NO2/c2*1-2-3-6(4(19(7,8)9)20(10,11)12)5(21(13,14)15)22(16,17)18;5-1-3-7-4-2-6/h2*4-5H,2-3H2,1H3,(H2,7,8,9)(H2,10,11,12)(H2,13,14,15)(H2,16,17,18);6H,1-5H2. The Labute approximate surface area is 289 Å². The molecular formula is C14H45N3O26P8. The lowest BCUT2D eigenvalue weighted by Gasteiger charge is -2.37. The molecule has 0 saturated carbocycles. The van der Waals surface area contributed by atoms with Crippen molar-refractivity contribution in [2.75, 3.05) is 39.5 Å². The number of aliphatic hydroxyl groups is 1. The molecule has 0 radical (unpaired) electrons. The fourth-order valence-corrected chi connectivity index (χ4v) is 16.0. The van der Waals surface area contributed by atoms with Gasteiger partial charge in [-0.3, -0.25) is 46.3 Å². The topological polar surface area (TPSA) is 522 Å². The molecule has 0 aromatic carbocycles. The minimum atomic E-state index is -5.70. The molecule has 0 atom stereocenters. The van der Waals surface area contributed by atoms with E-state index in [1.54, 1.807) is 0 Å². The maximum Gasteiger partial charge on any atom is 0.355 e. The van der Waals surface area contributed by atoms with E-state index < -0.39 is 96.0 Å². The van der Waals surface area contributed by atoms with Crippen LogP contribution in [0.4, 0.5) is 0 Å². The summed E-state index contributed by atoms with van der Waals surface area (Å²) >= 11 is 0.